The molecule has 33 heavy (non-hydrogen) atoms. The molecule has 4 saturated carbocycles. The molecule has 0 radical (unpaired) electrons. The van der Waals surface area contributed by atoms with Crippen LogP contribution in [-0.4, -0.2) is 40.6 Å². The average molecular weight is 455 g/mol. The zero-order valence-electron chi connectivity index (χ0n) is 19.5. The number of aliphatic carboxylic acids is 1. The van der Waals surface area contributed by atoms with Gasteiger partial charge >= 0.3 is 11.9 Å². The highest BCUT2D eigenvalue weighted by molar-refractivity contribution is 5.89. The Morgan fingerprint density at radius 1 is 1.09 bits per heavy atom. The van der Waals surface area contributed by atoms with E-state index in [1.807, 2.05) is 6.07 Å². The Hall–Kier alpha value is -2.21. The monoisotopic (exact) mass is 454 g/mol. The lowest BCUT2D eigenvalue weighted by atomic mass is 9.37. The number of ether oxygens (including phenoxy) is 1. The fourth-order valence-electron chi connectivity index (χ4n) is 8.70. The van der Waals surface area contributed by atoms with Gasteiger partial charge in [0.05, 0.1) is 17.6 Å². The van der Waals surface area contributed by atoms with Gasteiger partial charge in [0.2, 0.25) is 0 Å². The summed E-state index contributed by atoms with van der Waals surface area (Å²) in [5, 5.41) is 20.9. The third kappa shape index (κ3) is 2.92. The summed E-state index contributed by atoms with van der Waals surface area (Å²) in [5.74, 6) is -1.62. The van der Waals surface area contributed by atoms with Crippen LogP contribution in [0.15, 0.2) is 30.3 Å². The largest absolute Gasteiger partial charge is 0.481 e. The molecule has 5 rings (SSSR count). The van der Waals surface area contributed by atoms with Crippen molar-refractivity contribution in [2.45, 2.75) is 71.3 Å². The fourth-order valence-corrected chi connectivity index (χ4v) is 8.70. The van der Waals surface area contributed by atoms with E-state index in [4.69, 9.17) is 4.74 Å². The molecule has 0 unspecified atom stereocenters. The van der Waals surface area contributed by atoms with Gasteiger partial charge in [-0.05, 0) is 67.4 Å². The van der Waals surface area contributed by atoms with Crippen molar-refractivity contribution in [1.82, 2.24) is 0 Å². The van der Waals surface area contributed by atoms with Crippen LogP contribution in [0.25, 0.3) is 0 Å². The maximum Gasteiger partial charge on any atom is 0.338 e. The van der Waals surface area contributed by atoms with E-state index in [1.54, 1.807) is 24.3 Å². The molecule has 4 fully saturated rings. The van der Waals surface area contributed by atoms with Gasteiger partial charge < -0.3 is 14.9 Å². The van der Waals surface area contributed by atoms with Gasteiger partial charge in [-0.15, -0.1) is 0 Å². The van der Waals surface area contributed by atoms with Gasteiger partial charge in [-0.25, -0.2) is 4.79 Å². The summed E-state index contributed by atoms with van der Waals surface area (Å²) in [4.78, 5) is 38.9. The van der Waals surface area contributed by atoms with Gasteiger partial charge in [-0.1, -0.05) is 38.5 Å². The minimum Gasteiger partial charge on any atom is -0.481 e. The van der Waals surface area contributed by atoms with E-state index >= 15 is 0 Å². The molecule has 1 aromatic rings. The number of carbonyl (C=O) groups excluding carboxylic acids is 2. The molecule has 4 aliphatic rings. The summed E-state index contributed by atoms with van der Waals surface area (Å²) < 4.78 is 6.11. The van der Waals surface area contributed by atoms with E-state index in [9.17, 15) is 24.6 Å². The number of carbonyl (C=O) groups is 3. The molecule has 0 aromatic heterocycles. The van der Waals surface area contributed by atoms with Gasteiger partial charge in [-0.2, -0.15) is 0 Å². The number of benzene rings is 1. The standard InChI is InChI=1S/C27H34O6/c1-24-11-12-27(15-24)18(14-20(24)29)13-19(33-22(30)17-7-4-3-5-8-17)21-25(27,2)9-6-10-26(21,16-28)23(31)32/h3-5,7-8,18-19,21,28H,6,9-16H2,1-2H3,(H,31,32)/t18-,19+,21+,24-,25-,26+,27-/m1/s1. The van der Waals surface area contributed by atoms with Crippen molar-refractivity contribution in [3.05, 3.63) is 35.9 Å². The van der Waals surface area contributed by atoms with E-state index in [-0.39, 0.29) is 16.7 Å². The highest BCUT2D eigenvalue weighted by atomic mass is 16.5. The van der Waals surface area contributed by atoms with E-state index < -0.39 is 41.4 Å². The minimum atomic E-state index is -1.35. The van der Waals surface area contributed by atoms with Gasteiger partial charge in [0, 0.05) is 17.8 Å². The maximum absolute atomic E-state index is 13.1. The lowest BCUT2D eigenvalue weighted by Gasteiger charge is -2.67. The Bertz CT molecular complexity index is 990. The Balaban J connectivity index is 1.62. The molecule has 178 valence electrons. The first-order valence-corrected chi connectivity index (χ1v) is 12.3. The molecule has 2 N–H and O–H groups in total. The Kier molecular flexibility index (Phi) is 5.06. The molecule has 1 aromatic carbocycles. The first-order chi connectivity index (χ1) is 15.6. The molecule has 2 bridgehead atoms. The minimum absolute atomic E-state index is 0.0682. The van der Waals surface area contributed by atoms with Crippen LogP contribution in [0.1, 0.15) is 75.6 Å². The lowest BCUT2D eigenvalue weighted by molar-refractivity contribution is -0.233. The second kappa shape index (κ2) is 7.39. The quantitative estimate of drug-likeness (QED) is 0.660. The molecule has 0 heterocycles. The first kappa shape index (κ1) is 22.6. The molecule has 0 amide bonds. The van der Waals surface area contributed by atoms with Crippen molar-refractivity contribution in [1.29, 1.82) is 0 Å². The van der Waals surface area contributed by atoms with Crippen LogP contribution in [0.5, 0.6) is 0 Å². The lowest BCUT2D eigenvalue weighted by Crippen LogP contribution is -2.67. The summed E-state index contributed by atoms with van der Waals surface area (Å²) in [6.07, 6.45) is 4.70. The van der Waals surface area contributed by atoms with Gasteiger partial charge in [0.1, 0.15) is 11.9 Å². The molecule has 6 nitrogen and oxygen atoms in total. The molecule has 1 spiro atoms. The second-order valence-electron chi connectivity index (χ2n) is 11.6. The zero-order chi connectivity index (χ0) is 23.6. The number of aliphatic hydroxyl groups excluding tert-OH is 1. The predicted molar refractivity (Wildman–Crippen MR) is 120 cm³/mol. The molecular weight excluding hydrogens is 420 g/mol. The number of Topliss-reactive ketones (excluding diaryl/α,β-unsaturated/α-hetero) is 1. The molecule has 6 heteroatoms. The Labute approximate surface area is 194 Å². The van der Waals surface area contributed by atoms with E-state index in [1.165, 1.54) is 0 Å². The van der Waals surface area contributed by atoms with Crippen molar-refractivity contribution in [3.8, 4) is 0 Å². The molecular formula is C27H34O6. The number of ketones is 1. The average Bonchev–Trinajstić information content (AvgIpc) is 3.13. The second-order valence-corrected chi connectivity index (χ2v) is 11.6. The van der Waals surface area contributed by atoms with Crippen LogP contribution in [0, 0.1) is 33.5 Å². The first-order valence-electron chi connectivity index (χ1n) is 12.3. The van der Waals surface area contributed by atoms with E-state index in [0.29, 0.717) is 37.0 Å². The Morgan fingerprint density at radius 3 is 2.48 bits per heavy atom. The molecule has 0 saturated heterocycles. The molecule has 4 aliphatic carbocycles. The summed E-state index contributed by atoms with van der Waals surface area (Å²) in [6.45, 7) is 3.76. The molecule has 7 atom stereocenters. The number of rotatable bonds is 4. The van der Waals surface area contributed by atoms with Crippen LogP contribution in [0.3, 0.4) is 0 Å². The number of esters is 1. The summed E-state index contributed by atoms with van der Waals surface area (Å²) in [6, 6.07) is 8.74. The predicted octanol–water partition coefficient (Wildman–Crippen LogP) is 4.25. The third-order valence-electron chi connectivity index (χ3n) is 10.3. The number of carboxylic acids is 1. The van der Waals surface area contributed by atoms with Gasteiger partial charge in [-0.3, -0.25) is 9.59 Å². The smallest absolute Gasteiger partial charge is 0.338 e. The zero-order valence-corrected chi connectivity index (χ0v) is 19.5. The topological polar surface area (TPSA) is 101 Å². The van der Waals surface area contributed by atoms with Crippen LogP contribution in [0.2, 0.25) is 0 Å². The van der Waals surface area contributed by atoms with Crippen LogP contribution in [-0.2, 0) is 14.3 Å². The summed E-state index contributed by atoms with van der Waals surface area (Å²) in [5.41, 5.74) is -1.87. The highest BCUT2D eigenvalue weighted by Gasteiger charge is 2.74. The number of fused-ring (bicyclic) bond motifs is 2. The highest BCUT2D eigenvalue weighted by Crippen LogP contribution is 2.75. The Morgan fingerprint density at radius 2 is 1.82 bits per heavy atom. The normalized spacial score (nSPS) is 44.0. The fraction of sp³-hybridized carbons (Fsp3) is 0.667. The van der Waals surface area contributed by atoms with Crippen LogP contribution in [0.4, 0.5) is 0 Å². The number of aliphatic hydroxyl groups is 1. The maximum atomic E-state index is 13.1. The van der Waals surface area contributed by atoms with Crippen molar-refractivity contribution < 1.29 is 29.3 Å². The van der Waals surface area contributed by atoms with Crippen molar-refractivity contribution in [3.63, 3.8) is 0 Å². The van der Waals surface area contributed by atoms with Crippen molar-refractivity contribution in [2.24, 2.45) is 33.5 Å². The van der Waals surface area contributed by atoms with Gasteiger partial charge in [0.25, 0.3) is 0 Å². The SMILES string of the molecule is C[C@@]12CC[C@@]3(C1)[C@@H](CC2=O)C[C@H](OC(=O)c1ccccc1)[C@@H]1[C@](CO)(C(=O)O)CCC[C@]13C. The van der Waals surface area contributed by atoms with Crippen molar-refractivity contribution in [2.75, 3.05) is 6.61 Å². The number of hydrogen-bond acceptors (Lipinski definition) is 5. The van der Waals surface area contributed by atoms with Crippen LogP contribution < -0.4 is 0 Å². The van der Waals surface area contributed by atoms with E-state index in [0.717, 1.165) is 25.7 Å². The molecule has 0 aliphatic heterocycles. The van der Waals surface area contributed by atoms with Gasteiger partial charge in [0.15, 0.2) is 0 Å². The van der Waals surface area contributed by atoms with Crippen molar-refractivity contribution >= 4 is 17.7 Å². The number of carboxylic acid groups (broad SMARTS) is 1. The summed E-state index contributed by atoms with van der Waals surface area (Å²) >= 11 is 0. The van der Waals surface area contributed by atoms with Crippen LogP contribution >= 0.6 is 0 Å². The third-order valence-corrected chi connectivity index (χ3v) is 10.3. The van der Waals surface area contributed by atoms with E-state index in [2.05, 4.69) is 13.8 Å². The summed E-state index contributed by atoms with van der Waals surface area (Å²) in [7, 11) is 0. The number of hydrogen-bond donors (Lipinski definition) is 2.